The lowest BCUT2D eigenvalue weighted by atomic mass is 9.83. The molecule has 7 nitrogen and oxygen atoms in total. The number of pyridine rings is 1. The van der Waals surface area contributed by atoms with Crippen molar-refractivity contribution in [3.63, 3.8) is 0 Å². The molecule has 3 heterocycles. The number of hydrogen-bond acceptors (Lipinski definition) is 6. The van der Waals surface area contributed by atoms with Crippen LogP contribution >= 0.6 is 23.2 Å². The molecular weight excluding hydrogens is 443 g/mol. The number of nitrogens with two attached hydrogens (primary N) is 1. The Balaban J connectivity index is 1.99. The average molecular weight is 461 g/mol. The Morgan fingerprint density at radius 3 is 2.68 bits per heavy atom. The number of halogens is 2. The molecule has 0 unspecified atom stereocenters. The van der Waals surface area contributed by atoms with Crippen molar-refractivity contribution in [1.29, 1.82) is 0 Å². The first-order valence-electron chi connectivity index (χ1n) is 9.29. The number of nitrogens with zero attached hydrogens (tertiary/aromatic N) is 1. The predicted octanol–water partition coefficient (Wildman–Crippen LogP) is 3.97. The van der Waals surface area contributed by atoms with Crippen molar-refractivity contribution in [2.75, 3.05) is 7.11 Å². The maximum Gasteiger partial charge on any atom is 0.340 e. The molecule has 0 saturated heterocycles. The summed E-state index contributed by atoms with van der Waals surface area (Å²) in [7, 11) is 1.23. The topological polar surface area (TPSA) is 96.7 Å². The molecule has 0 saturated carbocycles. The Kier molecular flexibility index (Phi) is 5.56. The van der Waals surface area contributed by atoms with Gasteiger partial charge in [-0.15, -0.1) is 0 Å². The second-order valence-corrected chi connectivity index (χ2v) is 7.85. The summed E-state index contributed by atoms with van der Waals surface area (Å²) in [5.41, 5.74) is 7.04. The maximum absolute atomic E-state index is 13.6. The molecule has 0 aliphatic carbocycles. The zero-order valence-corrected chi connectivity index (χ0v) is 18.2. The van der Waals surface area contributed by atoms with Gasteiger partial charge in [0.25, 0.3) is 5.56 Å². The van der Waals surface area contributed by atoms with E-state index in [1.807, 2.05) is 0 Å². The van der Waals surface area contributed by atoms with Gasteiger partial charge in [-0.05, 0) is 36.8 Å². The smallest absolute Gasteiger partial charge is 0.340 e. The van der Waals surface area contributed by atoms with Gasteiger partial charge >= 0.3 is 5.97 Å². The summed E-state index contributed by atoms with van der Waals surface area (Å²) in [6, 6.07) is 10.0. The predicted molar refractivity (Wildman–Crippen MR) is 115 cm³/mol. The molecule has 4 rings (SSSR count). The molecule has 0 spiro atoms. The van der Waals surface area contributed by atoms with E-state index in [0.29, 0.717) is 22.0 Å². The van der Waals surface area contributed by atoms with Gasteiger partial charge < -0.3 is 24.2 Å². The van der Waals surface area contributed by atoms with Crippen LogP contribution in [0.3, 0.4) is 0 Å². The van der Waals surface area contributed by atoms with Gasteiger partial charge in [0.05, 0.1) is 31.4 Å². The van der Waals surface area contributed by atoms with Crippen LogP contribution in [0.2, 0.25) is 10.0 Å². The first-order valence-corrected chi connectivity index (χ1v) is 10.0. The normalized spacial score (nSPS) is 15.4. The van der Waals surface area contributed by atoms with Gasteiger partial charge in [-0.2, -0.15) is 0 Å². The Morgan fingerprint density at radius 2 is 2.03 bits per heavy atom. The highest BCUT2D eigenvalue weighted by atomic mass is 35.5. The van der Waals surface area contributed by atoms with Crippen LogP contribution in [0, 0.1) is 6.92 Å². The van der Waals surface area contributed by atoms with Crippen molar-refractivity contribution in [1.82, 2.24) is 4.57 Å². The molecule has 1 aliphatic rings. The van der Waals surface area contributed by atoms with Crippen LogP contribution in [0.1, 0.15) is 28.5 Å². The Bertz CT molecular complexity index is 1260. The molecule has 3 aromatic rings. The van der Waals surface area contributed by atoms with Crippen molar-refractivity contribution in [3.8, 4) is 5.75 Å². The zero-order chi connectivity index (χ0) is 22.3. The summed E-state index contributed by atoms with van der Waals surface area (Å²) in [5.74, 6) is -0.933. The minimum atomic E-state index is -0.906. The van der Waals surface area contributed by atoms with E-state index in [1.165, 1.54) is 24.0 Å². The molecule has 1 aromatic carbocycles. The SMILES string of the molecule is COC(=O)C1=C(N)Oc2cc(C)n(Cc3ccco3)c(=O)c2[C@@H]1c1ccc(Cl)cc1Cl. The van der Waals surface area contributed by atoms with Gasteiger partial charge in [-0.1, -0.05) is 29.3 Å². The lowest BCUT2D eigenvalue weighted by Crippen LogP contribution is -2.35. The molecule has 1 aliphatic heterocycles. The molecule has 160 valence electrons. The van der Waals surface area contributed by atoms with Gasteiger partial charge in [-0.25, -0.2) is 4.79 Å². The summed E-state index contributed by atoms with van der Waals surface area (Å²) in [4.78, 5) is 26.3. The number of rotatable bonds is 4. The number of benzene rings is 1. The fourth-order valence-electron chi connectivity index (χ4n) is 3.70. The van der Waals surface area contributed by atoms with Crippen molar-refractivity contribution >= 4 is 29.2 Å². The second kappa shape index (κ2) is 8.17. The fourth-order valence-corrected chi connectivity index (χ4v) is 4.21. The highest BCUT2D eigenvalue weighted by Gasteiger charge is 2.39. The fraction of sp³-hybridized carbons (Fsp3) is 0.182. The standard InChI is InChI=1S/C22H18Cl2N2O5/c1-11-8-16-18(21(27)26(11)10-13-4-3-7-30-13)17(14-6-5-12(23)9-15(14)24)19(20(25)31-16)22(28)29-2/h3-9,17H,10,25H2,1-2H3/t17-/m0/s1. The van der Waals surface area contributed by atoms with Gasteiger partial charge in [-0.3, -0.25) is 4.79 Å². The summed E-state index contributed by atoms with van der Waals surface area (Å²) in [6.07, 6.45) is 1.53. The van der Waals surface area contributed by atoms with Crippen LogP contribution in [-0.4, -0.2) is 17.6 Å². The second-order valence-electron chi connectivity index (χ2n) is 7.00. The lowest BCUT2D eigenvalue weighted by Gasteiger charge is -2.29. The molecule has 9 heteroatoms. The molecule has 0 fully saturated rings. The van der Waals surface area contributed by atoms with E-state index in [-0.39, 0.29) is 39.9 Å². The van der Waals surface area contributed by atoms with Crippen LogP contribution < -0.4 is 16.0 Å². The van der Waals surface area contributed by atoms with E-state index in [0.717, 1.165) is 0 Å². The third kappa shape index (κ3) is 3.71. The Labute approximate surface area is 187 Å². The number of aromatic nitrogens is 1. The van der Waals surface area contributed by atoms with Crippen LogP contribution in [0.25, 0.3) is 0 Å². The summed E-state index contributed by atoms with van der Waals surface area (Å²) in [5, 5.41) is 0.689. The van der Waals surface area contributed by atoms with Gasteiger partial charge in [0.15, 0.2) is 0 Å². The quantitative estimate of drug-likeness (QED) is 0.591. The number of aryl methyl sites for hydroxylation is 1. The number of furan rings is 1. The number of methoxy groups -OCH3 is 1. The van der Waals surface area contributed by atoms with Crippen molar-refractivity contribution in [2.45, 2.75) is 19.4 Å². The average Bonchev–Trinajstić information content (AvgIpc) is 3.23. The maximum atomic E-state index is 13.6. The van der Waals surface area contributed by atoms with Gasteiger partial charge in [0, 0.05) is 21.8 Å². The van der Waals surface area contributed by atoms with E-state index in [9.17, 15) is 9.59 Å². The summed E-state index contributed by atoms with van der Waals surface area (Å²) < 4.78 is 17.5. The number of hydrogen-bond donors (Lipinski definition) is 1. The molecule has 2 N–H and O–H groups in total. The van der Waals surface area contributed by atoms with E-state index in [1.54, 1.807) is 37.3 Å². The van der Waals surface area contributed by atoms with Crippen molar-refractivity contribution < 1.29 is 18.7 Å². The van der Waals surface area contributed by atoms with E-state index in [4.69, 9.17) is 42.8 Å². The molecule has 2 aromatic heterocycles. The molecule has 0 bridgehead atoms. The summed E-state index contributed by atoms with van der Waals surface area (Å²) >= 11 is 12.5. The summed E-state index contributed by atoms with van der Waals surface area (Å²) in [6.45, 7) is 1.98. The largest absolute Gasteiger partial charge is 0.467 e. The molecule has 1 atom stereocenters. The molecule has 0 amide bonds. The first-order chi connectivity index (χ1) is 14.8. The first kappa shape index (κ1) is 21.1. The lowest BCUT2D eigenvalue weighted by molar-refractivity contribution is -0.136. The minimum Gasteiger partial charge on any atom is -0.467 e. The van der Waals surface area contributed by atoms with Gasteiger partial charge in [0.2, 0.25) is 5.88 Å². The van der Waals surface area contributed by atoms with E-state index < -0.39 is 11.9 Å². The molecule has 0 radical (unpaired) electrons. The third-order valence-corrected chi connectivity index (χ3v) is 5.70. The Hall–Kier alpha value is -3.16. The zero-order valence-electron chi connectivity index (χ0n) is 16.6. The number of carbonyl (C=O) groups is 1. The van der Waals surface area contributed by atoms with Crippen molar-refractivity contribution in [3.05, 3.63) is 97.1 Å². The van der Waals surface area contributed by atoms with Gasteiger partial charge in [0.1, 0.15) is 17.1 Å². The number of ether oxygens (including phenoxy) is 2. The van der Waals surface area contributed by atoms with E-state index >= 15 is 0 Å². The monoisotopic (exact) mass is 460 g/mol. The Morgan fingerprint density at radius 1 is 1.26 bits per heavy atom. The highest BCUT2D eigenvalue weighted by Crippen LogP contribution is 2.43. The minimum absolute atomic E-state index is 0.00951. The number of esters is 1. The molecular formula is C22H18Cl2N2O5. The number of fused-ring (bicyclic) bond motifs is 1. The van der Waals surface area contributed by atoms with E-state index in [2.05, 4.69) is 0 Å². The number of carbonyl (C=O) groups excluding carboxylic acids is 1. The van der Waals surface area contributed by atoms with Crippen LogP contribution in [0.15, 0.2) is 63.3 Å². The molecule has 31 heavy (non-hydrogen) atoms. The van der Waals surface area contributed by atoms with Crippen LogP contribution in [-0.2, 0) is 16.1 Å². The van der Waals surface area contributed by atoms with Crippen LogP contribution in [0.4, 0.5) is 0 Å². The van der Waals surface area contributed by atoms with Crippen molar-refractivity contribution in [2.24, 2.45) is 5.73 Å². The third-order valence-electron chi connectivity index (χ3n) is 5.14. The highest BCUT2D eigenvalue weighted by molar-refractivity contribution is 6.35. The van der Waals surface area contributed by atoms with Crippen LogP contribution in [0.5, 0.6) is 5.75 Å².